The number of hydrogen-bond acceptors (Lipinski definition) is 7. The van der Waals surface area contributed by atoms with Gasteiger partial charge in [0.1, 0.15) is 30.3 Å². The summed E-state index contributed by atoms with van der Waals surface area (Å²) >= 11 is 0. The van der Waals surface area contributed by atoms with Gasteiger partial charge in [-0.15, -0.1) is 0 Å². The number of carbonyl (C=O) groups excluding carboxylic acids is 1. The molecule has 7 nitrogen and oxygen atoms in total. The van der Waals surface area contributed by atoms with Crippen molar-refractivity contribution in [3.8, 4) is 17.2 Å². The van der Waals surface area contributed by atoms with Crippen LogP contribution in [0.25, 0.3) is 10.9 Å². The molecule has 0 aliphatic heterocycles. The van der Waals surface area contributed by atoms with E-state index in [0.29, 0.717) is 40.4 Å². The van der Waals surface area contributed by atoms with Gasteiger partial charge in [0, 0.05) is 24.4 Å². The third-order valence-electron chi connectivity index (χ3n) is 4.93. The topological polar surface area (TPSA) is 82.6 Å². The largest absolute Gasteiger partial charge is 0.493 e. The predicted octanol–water partition coefficient (Wildman–Crippen LogP) is 5.33. The number of nitrogens with one attached hydrogen (secondary N) is 1. The summed E-state index contributed by atoms with van der Waals surface area (Å²) < 4.78 is 31.2. The van der Waals surface area contributed by atoms with Gasteiger partial charge >= 0.3 is 5.97 Å². The molecular formula is C25H22FN3O4. The van der Waals surface area contributed by atoms with Gasteiger partial charge in [-0.3, -0.25) is 4.79 Å². The minimum atomic E-state index is -0.482. The summed E-state index contributed by atoms with van der Waals surface area (Å²) in [5, 5.41) is 3.59. The van der Waals surface area contributed by atoms with E-state index >= 15 is 0 Å². The molecule has 8 heteroatoms. The third-order valence-corrected chi connectivity index (χ3v) is 4.93. The quantitative estimate of drug-likeness (QED) is 0.303. The highest BCUT2D eigenvalue weighted by Crippen LogP contribution is 2.36. The van der Waals surface area contributed by atoms with Crippen LogP contribution in [0.5, 0.6) is 17.2 Å². The number of fused-ring (bicyclic) bond motifs is 1. The second-order valence-corrected chi connectivity index (χ2v) is 7.33. The van der Waals surface area contributed by atoms with Crippen LogP contribution in [0.15, 0.2) is 60.9 Å². The van der Waals surface area contributed by atoms with Crippen LogP contribution in [0.1, 0.15) is 18.1 Å². The number of ether oxygens (including phenoxy) is 3. The van der Waals surface area contributed by atoms with E-state index < -0.39 is 11.8 Å². The standard InChI is InChI=1S/C25H22FN3O4/c1-15-9-19(26)21(12-22(15)32-13-17-7-5-4-6-8-17)29-25-18-10-23(31-3)24(33-16(2)30)11-20(18)27-14-28-25/h4-12,14H,13H2,1-3H3,(H,27,28,29). The molecule has 4 aromatic rings. The van der Waals surface area contributed by atoms with Crippen LogP contribution in [-0.4, -0.2) is 23.0 Å². The van der Waals surface area contributed by atoms with Crippen molar-refractivity contribution in [3.63, 3.8) is 0 Å². The van der Waals surface area contributed by atoms with Crippen LogP contribution in [0, 0.1) is 12.7 Å². The lowest BCUT2D eigenvalue weighted by Gasteiger charge is -2.15. The Kier molecular flexibility index (Phi) is 6.35. The van der Waals surface area contributed by atoms with Gasteiger partial charge < -0.3 is 19.5 Å². The highest BCUT2D eigenvalue weighted by molar-refractivity contribution is 5.93. The normalized spacial score (nSPS) is 10.7. The van der Waals surface area contributed by atoms with Gasteiger partial charge in [-0.05, 0) is 30.2 Å². The predicted molar refractivity (Wildman–Crippen MR) is 123 cm³/mol. The Labute approximate surface area is 190 Å². The van der Waals surface area contributed by atoms with Gasteiger partial charge in [0.15, 0.2) is 11.5 Å². The Balaban J connectivity index is 1.66. The monoisotopic (exact) mass is 447 g/mol. The number of rotatable bonds is 7. The van der Waals surface area contributed by atoms with Crippen LogP contribution in [0.3, 0.4) is 0 Å². The summed E-state index contributed by atoms with van der Waals surface area (Å²) in [5.74, 6) is 0.548. The molecule has 33 heavy (non-hydrogen) atoms. The van der Waals surface area contributed by atoms with E-state index in [4.69, 9.17) is 14.2 Å². The van der Waals surface area contributed by atoms with Crippen molar-refractivity contribution in [3.05, 3.63) is 77.9 Å². The van der Waals surface area contributed by atoms with Crippen molar-refractivity contribution >= 4 is 28.4 Å². The number of methoxy groups -OCH3 is 1. The zero-order chi connectivity index (χ0) is 23.4. The Morgan fingerprint density at radius 3 is 2.55 bits per heavy atom. The first-order valence-corrected chi connectivity index (χ1v) is 10.2. The number of anilines is 2. The van der Waals surface area contributed by atoms with Crippen LogP contribution < -0.4 is 19.5 Å². The fourth-order valence-corrected chi connectivity index (χ4v) is 3.32. The summed E-state index contributed by atoms with van der Waals surface area (Å²) in [4.78, 5) is 19.9. The number of halogens is 1. The van der Waals surface area contributed by atoms with E-state index in [1.165, 1.54) is 26.4 Å². The number of carbonyl (C=O) groups is 1. The fourth-order valence-electron chi connectivity index (χ4n) is 3.32. The van der Waals surface area contributed by atoms with Crippen molar-refractivity contribution < 1.29 is 23.4 Å². The summed E-state index contributed by atoms with van der Waals surface area (Å²) in [6.07, 6.45) is 1.34. The van der Waals surface area contributed by atoms with E-state index in [1.807, 2.05) is 30.3 Å². The molecule has 1 heterocycles. The minimum Gasteiger partial charge on any atom is -0.493 e. The average Bonchev–Trinajstić information content (AvgIpc) is 2.80. The molecule has 168 valence electrons. The molecule has 0 saturated carbocycles. The van der Waals surface area contributed by atoms with Gasteiger partial charge in [0.25, 0.3) is 0 Å². The number of aromatic nitrogens is 2. The van der Waals surface area contributed by atoms with Crippen molar-refractivity contribution in [2.75, 3.05) is 12.4 Å². The maximum atomic E-state index is 14.8. The maximum absolute atomic E-state index is 14.8. The molecule has 1 aromatic heterocycles. The van der Waals surface area contributed by atoms with Gasteiger partial charge in [-0.1, -0.05) is 30.3 Å². The summed E-state index contributed by atoms with van der Waals surface area (Å²) in [6.45, 7) is 3.45. The van der Waals surface area contributed by atoms with E-state index in [2.05, 4.69) is 15.3 Å². The Bertz CT molecular complexity index is 1310. The summed E-state index contributed by atoms with van der Waals surface area (Å²) in [6, 6.07) is 15.9. The zero-order valence-corrected chi connectivity index (χ0v) is 18.4. The second kappa shape index (κ2) is 9.52. The number of nitrogens with zero attached hydrogens (tertiary/aromatic N) is 2. The summed E-state index contributed by atoms with van der Waals surface area (Å²) in [5.41, 5.74) is 2.38. The van der Waals surface area contributed by atoms with E-state index in [-0.39, 0.29) is 11.4 Å². The molecule has 0 fully saturated rings. The fraction of sp³-hybridized carbons (Fsp3) is 0.160. The lowest BCUT2D eigenvalue weighted by atomic mass is 10.1. The van der Waals surface area contributed by atoms with Crippen molar-refractivity contribution in [2.24, 2.45) is 0 Å². The molecule has 0 unspecified atom stereocenters. The molecule has 0 aliphatic carbocycles. The maximum Gasteiger partial charge on any atom is 0.308 e. The number of hydrogen-bond donors (Lipinski definition) is 1. The first-order chi connectivity index (χ1) is 15.9. The molecule has 0 atom stereocenters. The number of esters is 1. The van der Waals surface area contributed by atoms with Gasteiger partial charge in [-0.2, -0.15) is 0 Å². The first-order valence-electron chi connectivity index (χ1n) is 10.2. The van der Waals surface area contributed by atoms with Crippen molar-refractivity contribution in [1.82, 2.24) is 9.97 Å². The zero-order valence-electron chi connectivity index (χ0n) is 18.4. The number of aryl methyl sites for hydroxylation is 1. The molecule has 1 N–H and O–H groups in total. The van der Waals surface area contributed by atoms with E-state index in [9.17, 15) is 9.18 Å². The smallest absolute Gasteiger partial charge is 0.308 e. The third kappa shape index (κ3) is 5.01. The van der Waals surface area contributed by atoms with Crippen molar-refractivity contribution in [2.45, 2.75) is 20.5 Å². The molecule has 0 radical (unpaired) electrons. The van der Waals surface area contributed by atoms with Crippen LogP contribution >= 0.6 is 0 Å². The molecule has 0 saturated heterocycles. The minimum absolute atomic E-state index is 0.201. The number of benzene rings is 3. The average molecular weight is 447 g/mol. The van der Waals surface area contributed by atoms with Gasteiger partial charge in [0.05, 0.1) is 18.3 Å². The second-order valence-electron chi connectivity index (χ2n) is 7.33. The van der Waals surface area contributed by atoms with Crippen LogP contribution in [0.2, 0.25) is 0 Å². The highest BCUT2D eigenvalue weighted by Gasteiger charge is 2.15. The molecule has 4 rings (SSSR count). The van der Waals surface area contributed by atoms with Gasteiger partial charge in [-0.25, -0.2) is 14.4 Å². The van der Waals surface area contributed by atoms with Crippen molar-refractivity contribution in [1.29, 1.82) is 0 Å². The molecule has 3 aromatic carbocycles. The molecule has 0 amide bonds. The van der Waals surface area contributed by atoms with Gasteiger partial charge in [0.2, 0.25) is 0 Å². The Hall–Kier alpha value is -4.20. The lowest BCUT2D eigenvalue weighted by molar-refractivity contribution is -0.132. The molecular weight excluding hydrogens is 425 g/mol. The van der Waals surface area contributed by atoms with E-state index in [0.717, 1.165) is 5.56 Å². The van der Waals surface area contributed by atoms with Crippen LogP contribution in [-0.2, 0) is 11.4 Å². The van der Waals surface area contributed by atoms with Crippen LogP contribution in [0.4, 0.5) is 15.9 Å². The Morgan fingerprint density at radius 1 is 1.03 bits per heavy atom. The summed E-state index contributed by atoms with van der Waals surface area (Å²) in [7, 11) is 1.46. The first kappa shape index (κ1) is 22.0. The van der Waals surface area contributed by atoms with E-state index in [1.54, 1.807) is 25.1 Å². The molecule has 0 bridgehead atoms. The molecule has 0 aliphatic rings. The molecule has 0 spiro atoms. The highest BCUT2D eigenvalue weighted by atomic mass is 19.1. The lowest BCUT2D eigenvalue weighted by Crippen LogP contribution is -2.04. The Morgan fingerprint density at radius 2 is 1.82 bits per heavy atom. The SMILES string of the molecule is COc1cc2c(Nc3cc(OCc4ccccc4)c(C)cc3F)ncnc2cc1OC(C)=O.